The van der Waals surface area contributed by atoms with Crippen LogP contribution in [-0.4, -0.2) is 98.7 Å². The number of halogens is 1. The molecule has 5 heterocycles. The van der Waals surface area contributed by atoms with Gasteiger partial charge in [0.15, 0.2) is 17.0 Å². The zero-order valence-corrected chi connectivity index (χ0v) is 31.8. The fourth-order valence-corrected chi connectivity index (χ4v) is 9.40. The average Bonchev–Trinajstić information content (AvgIpc) is 3.57. The molecule has 3 aliphatic rings. The van der Waals surface area contributed by atoms with Crippen molar-refractivity contribution in [2.75, 3.05) is 41.8 Å². The number of nitrogen functional groups attached to an aromatic ring is 1. The number of β-lactam (4-membered cyclic amide) rings is 1. The molecule has 2 amide bonds. The third-order valence-corrected chi connectivity index (χ3v) is 12.5. The predicted octanol–water partition coefficient (Wildman–Crippen LogP) is 1.29. The smallest absolute Gasteiger partial charge is 0.350 e. The highest BCUT2D eigenvalue weighted by molar-refractivity contribution is 8.01. The first-order valence-corrected chi connectivity index (χ1v) is 19.8. The normalized spacial score (nSPS) is 20.7. The van der Waals surface area contributed by atoms with Crippen molar-refractivity contribution in [2.24, 2.45) is 5.16 Å². The van der Waals surface area contributed by atoms with Gasteiger partial charge in [0.2, 0.25) is 11.1 Å². The lowest BCUT2D eigenvalue weighted by Gasteiger charge is -2.50. The molecule has 3 atom stereocenters. The first-order chi connectivity index (χ1) is 25.2. The van der Waals surface area contributed by atoms with Crippen LogP contribution in [0, 0.1) is 5.82 Å². The second-order valence-electron chi connectivity index (χ2n) is 13.1. The lowest BCUT2D eigenvalue weighted by molar-refractivity contribution is -0.668. The summed E-state index contributed by atoms with van der Waals surface area (Å²) < 4.78 is 17.9. The van der Waals surface area contributed by atoms with Gasteiger partial charge < -0.3 is 41.1 Å². The minimum Gasteiger partial charge on any atom is -0.543 e. The van der Waals surface area contributed by atoms with Crippen molar-refractivity contribution in [1.29, 1.82) is 0 Å². The number of thioether (sulfide) groups is 2. The van der Waals surface area contributed by atoms with Crippen molar-refractivity contribution in [3.8, 4) is 0 Å². The zero-order valence-electron chi connectivity index (χ0n) is 29.4. The number of fused-ring (bicyclic) bond motifs is 2. The number of carboxylic acid groups (broad SMARTS) is 2. The number of aryl methyl sites for hydroxylation is 1. The summed E-state index contributed by atoms with van der Waals surface area (Å²) in [5.41, 5.74) is 5.12. The summed E-state index contributed by atoms with van der Waals surface area (Å²) in [5.74, 6) is -4.37. The quantitative estimate of drug-likeness (QED) is 0.0635. The van der Waals surface area contributed by atoms with E-state index in [9.17, 15) is 29.4 Å². The molecule has 0 spiro atoms. The molecule has 0 bridgehead atoms. The van der Waals surface area contributed by atoms with Gasteiger partial charge in [0.1, 0.15) is 29.5 Å². The standard InChI is InChI=1S/C34H39FN8O7S3/c1-5-18-13-37-8-10-42(18)23-12-22-19(11-20(23)35)24(7-9-41(22)6-2)51-14-17-15-52-30-26(29(45)43(30)27(17)31(46)47)39-28(44)25(21-16-53-33(36)38-21)40-50-34(3,4)32(48)49/h7,9,11-12,16,18,26,30,37H,5-6,8,10,13-15H2,1-4H3,(H4-,36,38,39,44,46,47,48,49)/b40-25-. The molecule has 0 radical (unpaired) electrons. The number of nitrogens with two attached hydrogens (primary N) is 1. The topological polar surface area (TPSA) is 206 Å². The van der Waals surface area contributed by atoms with E-state index in [0.717, 1.165) is 46.2 Å². The number of nitrogens with zero attached hydrogens (tertiary/aromatic N) is 5. The second kappa shape index (κ2) is 15.5. The molecule has 6 rings (SSSR count). The minimum atomic E-state index is -1.79. The molecule has 3 aliphatic heterocycles. The maximum absolute atomic E-state index is 15.8. The number of hydrogen-bond donors (Lipinski definition) is 4. The molecule has 0 saturated carbocycles. The van der Waals surface area contributed by atoms with Crippen LogP contribution in [0.3, 0.4) is 0 Å². The van der Waals surface area contributed by atoms with Crippen molar-refractivity contribution in [3.05, 3.63) is 52.6 Å². The van der Waals surface area contributed by atoms with Crippen LogP contribution in [0.15, 0.2) is 51.1 Å². The highest BCUT2D eigenvalue weighted by atomic mass is 32.2. The maximum Gasteiger partial charge on any atom is 0.350 e. The van der Waals surface area contributed by atoms with Crippen LogP contribution in [0.25, 0.3) is 10.9 Å². The maximum atomic E-state index is 15.8. The van der Waals surface area contributed by atoms with E-state index >= 15 is 4.39 Å². The van der Waals surface area contributed by atoms with E-state index in [1.54, 1.807) is 6.07 Å². The number of oxime groups is 1. The molecule has 3 unspecified atom stereocenters. The Morgan fingerprint density at radius 2 is 2.09 bits per heavy atom. The third-order valence-electron chi connectivity index (χ3n) is 9.31. The lowest BCUT2D eigenvalue weighted by Crippen LogP contribution is -2.71. The predicted molar refractivity (Wildman–Crippen MR) is 198 cm³/mol. The highest BCUT2D eigenvalue weighted by Crippen LogP contribution is 2.42. The average molecular weight is 787 g/mol. The van der Waals surface area contributed by atoms with Gasteiger partial charge in [-0.3, -0.25) is 14.5 Å². The fourth-order valence-electron chi connectivity index (χ4n) is 6.34. The van der Waals surface area contributed by atoms with Crippen molar-refractivity contribution >= 4 is 86.0 Å². The van der Waals surface area contributed by atoms with Gasteiger partial charge in [-0.05, 0) is 38.8 Å². The molecule has 53 heavy (non-hydrogen) atoms. The number of aromatic nitrogens is 2. The molecule has 0 aliphatic carbocycles. The molecular weight excluding hydrogens is 748 g/mol. The SMILES string of the molecule is CCC1CNCCN1c1cc2c(cc1F)c(SCC1=C(C(=O)[O-])N3C(=O)C(NC(=O)/C(=N\OC(C)(C)C(=O)O)c4csc(N)n4)C3SC1)cc[n+]2CC. The van der Waals surface area contributed by atoms with Gasteiger partial charge in [-0.15, -0.1) is 34.9 Å². The molecule has 3 aromatic rings. The monoisotopic (exact) mass is 786 g/mol. The van der Waals surface area contributed by atoms with E-state index in [1.165, 1.54) is 42.8 Å². The highest BCUT2D eigenvalue weighted by Gasteiger charge is 2.53. The van der Waals surface area contributed by atoms with Crippen LogP contribution in [-0.2, 0) is 30.6 Å². The number of benzene rings is 1. The van der Waals surface area contributed by atoms with Gasteiger partial charge in [0.25, 0.3) is 11.8 Å². The number of anilines is 2. The van der Waals surface area contributed by atoms with Crippen LogP contribution in [0.4, 0.5) is 15.2 Å². The number of rotatable bonds is 13. The van der Waals surface area contributed by atoms with E-state index in [4.69, 9.17) is 10.6 Å². The van der Waals surface area contributed by atoms with Gasteiger partial charge in [-0.2, -0.15) is 4.57 Å². The van der Waals surface area contributed by atoms with Gasteiger partial charge in [-0.1, -0.05) is 12.1 Å². The van der Waals surface area contributed by atoms with Crippen molar-refractivity contribution in [1.82, 2.24) is 20.5 Å². The Balaban J connectivity index is 1.22. The molecular formula is C34H39FN8O7S3. The first-order valence-electron chi connectivity index (χ1n) is 16.9. The van der Waals surface area contributed by atoms with E-state index in [2.05, 4.69) is 32.6 Å². The molecule has 19 heteroatoms. The number of nitrogens with one attached hydrogen (secondary N) is 2. The van der Waals surface area contributed by atoms with Crippen LogP contribution in [0.1, 0.15) is 39.8 Å². The second-order valence-corrected chi connectivity index (χ2v) is 16.1. The number of carbonyl (C=O) groups excluding carboxylic acids is 3. The molecule has 2 aromatic heterocycles. The summed E-state index contributed by atoms with van der Waals surface area (Å²) in [7, 11) is 0. The van der Waals surface area contributed by atoms with Gasteiger partial charge >= 0.3 is 5.97 Å². The summed E-state index contributed by atoms with van der Waals surface area (Å²) in [6.45, 7) is 9.47. The summed E-state index contributed by atoms with van der Waals surface area (Å²) in [6, 6.07) is 4.35. The fraction of sp³-hybridized carbons (Fsp3) is 0.441. The zero-order chi connectivity index (χ0) is 38.2. The third kappa shape index (κ3) is 7.52. The van der Waals surface area contributed by atoms with Crippen LogP contribution >= 0.6 is 34.9 Å². The van der Waals surface area contributed by atoms with Crippen molar-refractivity contribution < 1.29 is 43.2 Å². The largest absolute Gasteiger partial charge is 0.543 e. The van der Waals surface area contributed by atoms with Crippen LogP contribution < -0.4 is 30.9 Å². The number of pyridine rings is 1. The van der Waals surface area contributed by atoms with Gasteiger partial charge in [0, 0.05) is 59.6 Å². The molecule has 282 valence electrons. The number of thiazole rings is 1. The first kappa shape index (κ1) is 38.3. The summed E-state index contributed by atoms with van der Waals surface area (Å²) >= 11 is 3.63. The van der Waals surface area contributed by atoms with E-state index in [1.807, 2.05) is 29.8 Å². The molecule has 15 nitrogen and oxygen atoms in total. The van der Waals surface area contributed by atoms with Crippen molar-refractivity contribution in [3.63, 3.8) is 0 Å². The Morgan fingerprint density at radius 3 is 2.75 bits per heavy atom. The number of hydrogen-bond acceptors (Lipinski definition) is 14. The van der Waals surface area contributed by atoms with Crippen LogP contribution in [0.5, 0.6) is 0 Å². The number of carboxylic acids is 2. The molecule has 2 fully saturated rings. The van der Waals surface area contributed by atoms with Crippen LogP contribution in [0.2, 0.25) is 0 Å². The van der Waals surface area contributed by atoms with E-state index in [-0.39, 0.29) is 39.9 Å². The molecule has 5 N–H and O–H groups in total. The summed E-state index contributed by atoms with van der Waals surface area (Å²) in [5, 5.41) is 33.1. The van der Waals surface area contributed by atoms with E-state index < -0.39 is 46.5 Å². The molecule has 1 aromatic carbocycles. The summed E-state index contributed by atoms with van der Waals surface area (Å²) in [4.78, 5) is 64.1. The number of carbonyl (C=O) groups is 4. The van der Waals surface area contributed by atoms with E-state index in [0.29, 0.717) is 29.7 Å². The van der Waals surface area contributed by atoms with Crippen molar-refractivity contribution in [2.45, 2.75) is 68.6 Å². The Labute approximate surface area is 316 Å². The lowest BCUT2D eigenvalue weighted by atomic mass is 10.0. The van der Waals surface area contributed by atoms with Gasteiger partial charge in [-0.25, -0.2) is 14.2 Å². The van der Waals surface area contributed by atoms with Gasteiger partial charge in [0.05, 0.1) is 22.7 Å². The Hall–Kier alpha value is -4.46. The number of amides is 2. The Kier molecular flexibility index (Phi) is 11.2. The Bertz CT molecular complexity index is 2040. The summed E-state index contributed by atoms with van der Waals surface area (Å²) in [6.07, 6.45) is 2.80. The number of piperazine rings is 1. The molecule has 2 saturated heterocycles. The Morgan fingerprint density at radius 1 is 1.32 bits per heavy atom. The minimum absolute atomic E-state index is 0.00342. The number of aliphatic carboxylic acids is 2.